The minimum Gasteiger partial charge on any atom is -0.349 e. The maximum Gasteiger partial charge on any atom is 0.290 e. The van der Waals surface area contributed by atoms with Gasteiger partial charge < -0.3 is 5.32 Å². The molecule has 1 aromatic rings. The van der Waals surface area contributed by atoms with Crippen LogP contribution in [0.25, 0.3) is 0 Å². The van der Waals surface area contributed by atoms with Crippen molar-refractivity contribution in [1.82, 2.24) is 20.5 Å². The summed E-state index contributed by atoms with van der Waals surface area (Å²) in [6.45, 7) is 2.45. The second-order valence-electron chi connectivity index (χ2n) is 3.20. The zero-order valence-electron chi connectivity index (χ0n) is 9.04. The molecular formula is C9H16N4OS. The van der Waals surface area contributed by atoms with Crippen LogP contribution in [0.2, 0.25) is 0 Å². The molecule has 1 amide bonds. The number of nitrogens with one attached hydrogen (secondary N) is 2. The van der Waals surface area contributed by atoms with Gasteiger partial charge in [0.05, 0.1) is 0 Å². The maximum absolute atomic E-state index is 11.4. The molecule has 1 rings (SSSR count). The van der Waals surface area contributed by atoms with Crippen molar-refractivity contribution in [1.29, 1.82) is 0 Å². The average molecular weight is 228 g/mol. The lowest BCUT2D eigenvalue weighted by molar-refractivity contribution is 0.0943. The fourth-order valence-corrected chi connectivity index (χ4v) is 1.59. The van der Waals surface area contributed by atoms with Crippen LogP contribution in [0, 0.1) is 6.92 Å². The number of aromatic nitrogens is 3. The summed E-state index contributed by atoms with van der Waals surface area (Å²) >= 11 is 1.82. The lowest BCUT2D eigenvalue weighted by atomic mass is 10.3. The first kappa shape index (κ1) is 12.0. The van der Waals surface area contributed by atoms with E-state index in [2.05, 4.69) is 26.8 Å². The Morgan fingerprint density at radius 1 is 1.53 bits per heavy atom. The van der Waals surface area contributed by atoms with Crippen molar-refractivity contribution in [3.63, 3.8) is 0 Å². The molecule has 5 nitrogen and oxygen atoms in total. The molecule has 0 unspecified atom stereocenters. The third kappa shape index (κ3) is 4.33. The molecule has 0 aromatic carbocycles. The Kier molecular flexibility index (Phi) is 5.17. The van der Waals surface area contributed by atoms with Crippen LogP contribution in [-0.2, 0) is 0 Å². The van der Waals surface area contributed by atoms with Gasteiger partial charge in [-0.2, -0.15) is 11.8 Å². The molecule has 0 radical (unpaired) electrons. The van der Waals surface area contributed by atoms with Crippen LogP contribution >= 0.6 is 11.8 Å². The van der Waals surface area contributed by atoms with E-state index in [-0.39, 0.29) is 11.7 Å². The summed E-state index contributed by atoms with van der Waals surface area (Å²) in [5.74, 6) is 1.80. The molecule has 0 fully saturated rings. The summed E-state index contributed by atoms with van der Waals surface area (Å²) in [4.78, 5) is 15.4. The number of carbonyl (C=O) groups is 1. The van der Waals surface area contributed by atoms with Gasteiger partial charge in [-0.1, -0.05) is 0 Å². The third-order valence-corrected chi connectivity index (χ3v) is 2.56. The van der Waals surface area contributed by atoms with E-state index in [0.717, 1.165) is 18.6 Å². The van der Waals surface area contributed by atoms with Crippen LogP contribution in [0.4, 0.5) is 0 Å². The molecule has 0 aliphatic rings. The van der Waals surface area contributed by atoms with Crippen LogP contribution in [0.3, 0.4) is 0 Å². The van der Waals surface area contributed by atoms with Gasteiger partial charge in [-0.3, -0.25) is 9.89 Å². The van der Waals surface area contributed by atoms with E-state index in [0.29, 0.717) is 12.4 Å². The Morgan fingerprint density at radius 2 is 2.33 bits per heavy atom. The summed E-state index contributed by atoms with van der Waals surface area (Å²) in [6, 6.07) is 0. The predicted octanol–water partition coefficient (Wildman–Crippen LogP) is 0.986. The quantitative estimate of drug-likeness (QED) is 0.712. The van der Waals surface area contributed by atoms with E-state index in [1.807, 2.05) is 11.8 Å². The summed E-state index contributed by atoms with van der Waals surface area (Å²) < 4.78 is 0. The van der Waals surface area contributed by atoms with Crippen molar-refractivity contribution in [2.24, 2.45) is 0 Å². The molecule has 1 aromatic heterocycles. The van der Waals surface area contributed by atoms with Crippen LogP contribution in [0.5, 0.6) is 0 Å². The van der Waals surface area contributed by atoms with Crippen molar-refractivity contribution < 1.29 is 4.79 Å². The number of rotatable bonds is 6. The number of nitrogens with zero attached hydrogens (tertiary/aromatic N) is 2. The van der Waals surface area contributed by atoms with Crippen molar-refractivity contribution in [2.75, 3.05) is 18.6 Å². The standard InChI is InChI=1S/C9H16N4OS/c1-7-11-8(13-12-7)9(14)10-5-3-4-6-15-2/h3-6H2,1-2H3,(H,10,14)(H,11,12,13). The molecule has 6 heteroatoms. The van der Waals surface area contributed by atoms with Gasteiger partial charge in [0.15, 0.2) is 0 Å². The molecule has 0 aliphatic carbocycles. The number of H-pyrrole nitrogens is 1. The SMILES string of the molecule is CSCCCCNC(=O)c1n[nH]c(C)n1. The monoisotopic (exact) mass is 228 g/mol. The van der Waals surface area contributed by atoms with Gasteiger partial charge in [0.1, 0.15) is 5.82 Å². The molecule has 0 spiro atoms. The van der Waals surface area contributed by atoms with Gasteiger partial charge in [0.25, 0.3) is 5.91 Å². The highest BCUT2D eigenvalue weighted by atomic mass is 32.2. The number of aryl methyl sites for hydroxylation is 1. The van der Waals surface area contributed by atoms with E-state index < -0.39 is 0 Å². The van der Waals surface area contributed by atoms with E-state index in [1.54, 1.807) is 6.92 Å². The molecule has 2 N–H and O–H groups in total. The van der Waals surface area contributed by atoms with Crippen LogP contribution < -0.4 is 5.32 Å². The molecule has 0 bridgehead atoms. The molecule has 0 atom stereocenters. The number of hydrogen-bond donors (Lipinski definition) is 2. The fraction of sp³-hybridized carbons (Fsp3) is 0.667. The summed E-state index contributed by atoms with van der Waals surface area (Å²) in [7, 11) is 0. The van der Waals surface area contributed by atoms with Gasteiger partial charge in [-0.25, -0.2) is 4.98 Å². The first-order chi connectivity index (χ1) is 7.24. The molecular weight excluding hydrogens is 212 g/mol. The summed E-state index contributed by atoms with van der Waals surface area (Å²) in [6.07, 6.45) is 4.19. The Bertz CT molecular complexity index is 313. The molecule has 1 heterocycles. The van der Waals surface area contributed by atoms with Crippen molar-refractivity contribution in [3.05, 3.63) is 11.6 Å². The minimum absolute atomic E-state index is 0.205. The van der Waals surface area contributed by atoms with E-state index in [1.165, 1.54) is 0 Å². The number of unbranched alkanes of at least 4 members (excludes halogenated alkanes) is 1. The van der Waals surface area contributed by atoms with Crippen molar-refractivity contribution in [3.8, 4) is 0 Å². The van der Waals surface area contributed by atoms with Crippen LogP contribution in [0.15, 0.2) is 0 Å². The van der Waals surface area contributed by atoms with Gasteiger partial charge >= 0.3 is 0 Å². The van der Waals surface area contributed by atoms with Gasteiger partial charge in [0, 0.05) is 6.54 Å². The normalized spacial score (nSPS) is 10.3. The highest BCUT2D eigenvalue weighted by Gasteiger charge is 2.09. The number of amides is 1. The average Bonchev–Trinajstić information content (AvgIpc) is 2.64. The number of aromatic amines is 1. The number of carbonyl (C=O) groups excluding carboxylic acids is 1. The van der Waals surface area contributed by atoms with E-state index in [9.17, 15) is 4.79 Å². The Morgan fingerprint density at radius 3 is 2.93 bits per heavy atom. The highest BCUT2D eigenvalue weighted by Crippen LogP contribution is 1.98. The highest BCUT2D eigenvalue weighted by molar-refractivity contribution is 7.98. The smallest absolute Gasteiger partial charge is 0.290 e. The summed E-state index contributed by atoms with van der Waals surface area (Å²) in [5, 5.41) is 9.19. The number of hydrogen-bond acceptors (Lipinski definition) is 4. The Labute approximate surface area is 93.4 Å². The van der Waals surface area contributed by atoms with Gasteiger partial charge in [-0.05, 0) is 31.8 Å². The topological polar surface area (TPSA) is 70.7 Å². The third-order valence-electron chi connectivity index (χ3n) is 1.86. The summed E-state index contributed by atoms with van der Waals surface area (Å²) in [5.41, 5.74) is 0. The largest absolute Gasteiger partial charge is 0.349 e. The maximum atomic E-state index is 11.4. The minimum atomic E-state index is -0.205. The first-order valence-electron chi connectivity index (χ1n) is 4.90. The lowest BCUT2D eigenvalue weighted by Crippen LogP contribution is -2.25. The Balaban J connectivity index is 2.19. The lowest BCUT2D eigenvalue weighted by Gasteiger charge is -2.01. The molecule has 0 aliphatic heterocycles. The van der Waals surface area contributed by atoms with Gasteiger partial charge in [-0.15, -0.1) is 5.10 Å². The molecule has 0 saturated carbocycles. The first-order valence-corrected chi connectivity index (χ1v) is 6.29. The molecule has 84 valence electrons. The zero-order chi connectivity index (χ0) is 11.1. The predicted molar refractivity (Wildman–Crippen MR) is 61.1 cm³/mol. The second-order valence-corrected chi connectivity index (χ2v) is 4.19. The van der Waals surface area contributed by atoms with Crippen LogP contribution in [0.1, 0.15) is 29.3 Å². The second kappa shape index (κ2) is 6.44. The zero-order valence-corrected chi connectivity index (χ0v) is 9.86. The van der Waals surface area contributed by atoms with E-state index in [4.69, 9.17) is 0 Å². The van der Waals surface area contributed by atoms with Crippen molar-refractivity contribution >= 4 is 17.7 Å². The van der Waals surface area contributed by atoms with E-state index >= 15 is 0 Å². The van der Waals surface area contributed by atoms with Crippen LogP contribution in [-0.4, -0.2) is 39.6 Å². The van der Waals surface area contributed by atoms with Crippen molar-refractivity contribution in [2.45, 2.75) is 19.8 Å². The Hall–Kier alpha value is -1.04. The van der Waals surface area contributed by atoms with Gasteiger partial charge in [0.2, 0.25) is 5.82 Å². The molecule has 15 heavy (non-hydrogen) atoms. The fourth-order valence-electron chi connectivity index (χ4n) is 1.10. The molecule has 0 saturated heterocycles. The number of thioether (sulfide) groups is 1.